The lowest BCUT2D eigenvalue weighted by molar-refractivity contribution is -0.133. The zero-order valence-electron chi connectivity index (χ0n) is 12.1. The Bertz CT molecular complexity index is 271. The van der Waals surface area contributed by atoms with Gasteiger partial charge in [-0.15, -0.1) is 0 Å². The Kier molecular flexibility index (Phi) is 5.60. The first-order valence-corrected chi connectivity index (χ1v) is 7.05. The van der Waals surface area contributed by atoms with Gasteiger partial charge in [0.25, 0.3) is 0 Å². The first-order chi connectivity index (χ1) is 8.38. The molecule has 3 N–H and O–H groups in total. The average Bonchev–Trinajstić information content (AvgIpc) is 2.75. The molecular formula is C14H28N2O2. The summed E-state index contributed by atoms with van der Waals surface area (Å²) in [6, 6.07) is 0. The molecule has 4 nitrogen and oxygen atoms in total. The molecule has 0 bridgehead atoms. The summed E-state index contributed by atoms with van der Waals surface area (Å²) in [5, 5.41) is 16.0. The smallest absolute Gasteiger partial charge is 0.227 e. The van der Waals surface area contributed by atoms with Crippen LogP contribution in [0.3, 0.4) is 0 Å². The second-order valence-corrected chi connectivity index (χ2v) is 6.23. The first-order valence-electron chi connectivity index (χ1n) is 7.05. The van der Waals surface area contributed by atoms with Crippen LogP contribution in [0.5, 0.6) is 0 Å². The number of hydrogen-bond acceptors (Lipinski definition) is 3. The van der Waals surface area contributed by atoms with Crippen molar-refractivity contribution in [1.82, 2.24) is 10.6 Å². The molecule has 0 aliphatic carbocycles. The second-order valence-electron chi connectivity index (χ2n) is 6.23. The molecule has 1 heterocycles. The maximum atomic E-state index is 12.3. The molecule has 0 radical (unpaired) electrons. The Hall–Kier alpha value is -0.610. The summed E-state index contributed by atoms with van der Waals surface area (Å²) in [7, 11) is 0. The maximum absolute atomic E-state index is 12.3. The third-order valence-electron chi connectivity index (χ3n) is 3.99. The highest BCUT2D eigenvalue weighted by atomic mass is 16.3. The summed E-state index contributed by atoms with van der Waals surface area (Å²) in [6.45, 7) is 10.3. The van der Waals surface area contributed by atoms with Crippen LogP contribution in [0, 0.1) is 17.3 Å². The number of hydrogen-bond donors (Lipinski definition) is 3. The van der Waals surface area contributed by atoms with Crippen molar-refractivity contribution in [3.63, 3.8) is 0 Å². The second kappa shape index (κ2) is 6.53. The molecule has 1 amide bonds. The van der Waals surface area contributed by atoms with Gasteiger partial charge in [-0.1, -0.05) is 27.7 Å². The molecule has 0 aromatic rings. The van der Waals surface area contributed by atoms with E-state index in [2.05, 4.69) is 38.3 Å². The number of aliphatic hydroxyl groups is 1. The molecule has 4 heteroatoms. The van der Waals surface area contributed by atoms with E-state index in [4.69, 9.17) is 0 Å². The largest absolute Gasteiger partial charge is 0.391 e. The lowest BCUT2D eigenvalue weighted by Gasteiger charge is -2.31. The first kappa shape index (κ1) is 15.4. The summed E-state index contributed by atoms with van der Waals surface area (Å²) in [5.74, 6) is 0.851. The van der Waals surface area contributed by atoms with E-state index in [1.54, 1.807) is 0 Å². The van der Waals surface area contributed by atoms with Gasteiger partial charge in [-0.25, -0.2) is 0 Å². The lowest BCUT2D eigenvalue weighted by atomic mass is 9.75. The minimum Gasteiger partial charge on any atom is -0.391 e. The standard InChI is InChI=1S/C14H28N2O2/c1-10(2)7-12(17)8-16-13(18)14(11(3)4)5-6-15-9-14/h10-12,15,17H,5-9H2,1-4H3,(H,16,18). The highest BCUT2D eigenvalue weighted by Crippen LogP contribution is 2.34. The highest BCUT2D eigenvalue weighted by molar-refractivity contribution is 5.83. The van der Waals surface area contributed by atoms with E-state index in [-0.39, 0.29) is 11.3 Å². The zero-order chi connectivity index (χ0) is 13.8. The molecule has 2 atom stereocenters. The Morgan fingerprint density at radius 2 is 2.06 bits per heavy atom. The zero-order valence-corrected chi connectivity index (χ0v) is 12.1. The predicted molar refractivity (Wildman–Crippen MR) is 73.2 cm³/mol. The fourth-order valence-electron chi connectivity index (χ4n) is 2.67. The van der Waals surface area contributed by atoms with Crippen molar-refractivity contribution in [2.24, 2.45) is 17.3 Å². The number of aliphatic hydroxyl groups excluding tert-OH is 1. The minimum absolute atomic E-state index is 0.0882. The van der Waals surface area contributed by atoms with Crippen LogP contribution in [0.2, 0.25) is 0 Å². The lowest BCUT2D eigenvalue weighted by Crippen LogP contribution is -2.48. The number of carbonyl (C=O) groups is 1. The monoisotopic (exact) mass is 256 g/mol. The van der Waals surface area contributed by atoms with Crippen LogP contribution < -0.4 is 10.6 Å². The summed E-state index contributed by atoms with van der Waals surface area (Å²) >= 11 is 0. The topological polar surface area (TPSA) is 61.4 Å². The van der Waals surface area contributed by atoms with Crippen molar-refractivity contribution in [2.75, 3.05) is 19.6 Å². The van der Waals surface area contributed by atoms with Gasteiger partial charge in [0.1, 0.15) is 0 Å². The van der Waals surface area contributed by atoms with Crippen molar-refractivity contribution in [3.8, 4) is 0 Å². The van der Waals surface area contributed by atoms with Crippen LogP contribution in [0.15, 0.2) is 0 Å². The number of amides is 1. The van der Waals surface area contributed by atoms with Gasteiger partial charge in [-0.2, -0.15) is 0 Å². The van der Waals surface area contributed by atoms with Gasteiger partial charge < -0.3 is 15.7 Å². The normalized spacial score (nSPS) is 25.7. The van der Waals surface area contributed by atoms with Crippen molar-refractivity contribution in [1.29, 1.82) is 0 Å². The molecule has 1 fully saturated rings. The fourth-order valence-corrected chi connectivity index (χ4v) is 2.67. The average molecular weight is 256 g/mol. The number of carbonyl (C=O) groups excluding carboxylic acids is 1. The van der Waals surface area contributed by atoms with Gasteiger partial charge in [0.15, 0.2) is 0 Å². The Morgan fingerprint density at radius 1 is 1.39 bits per heavy atom. The Balaban J connectivity index is 2.48. The van der Waals surface area contributed by atoms with E-state index in [0.717, 1.165) is 25.9 Å². The van der Waals surface area contributed by atoms with Crippen LogP contribution >= 0.6 is 0 Å². The van der Waals surface area contributed by atoms with Gasteiger partial charge >= 0.3 is 0 Å². The Morgan fingerprint density at radius 3 is 2.50 bits per heavy atom. The van der Waals surface area contributed by atoms with Crippen molar-refractivity contribution >= 4 is 5.91 Å². The number of nitrogens with one attached hydrogen (secondary N) is 2. The summed E-state index contributed by atoms with van der Waals surface area (Å²) in [4.78, 5) is 12.3. The third-order valence-corrected chi connectivity index (χ3v) is 3.99. The summed E-state index contributed by atoms with van der Waals surface area (Å²) in [6.07, 6.45) is 1.18. The molecule has 1 rings (SSSR count). The van der Waals surface area contributed by atoms with E-state index in [1.807, 2.05) is 0 Å². The summed E-state index contributed by atoms with van der Waals surface area (Å²) < 4.78 is 0. The van der Waals surface area contributed by atoms with Crippen LogP contribution in [0.25, 0.3) is 0 Å². The van der Waals surface area contributed by atoms with Gasteiger partial charge in [-0.05, 0) is 31.2 Å². The molecule has 0 spiro atoms. The third kappa shape index (κ3) is 3.69. The van der Waals surface area contributed by atoms with E-state index in [1.165, 1.54) is 0 Å². The quantitative estimate of drug-likeness (QED) is 0.668. The van der Waals surface area contributed by atoms with E-state index < -0.39 is 6.10 Å². The van der Waals surface area contributed by atoms with Gasteiger partial charge in [0.05, 0.1) is 11.5 Å². The Labute approximate surface area is 111 Å². The van der Waals surface area contributed by atoms with Gasteiger partial charge in [0.2, 0.25) is 5.91 Å². The molecule has 2 unspecified atom stereocenters. The van der Waals surface area contributed by atoms with E-state index in [9.17, 15) is 9.90 Å². The molecule has 1 aliphatic heterocycles. The highest BCUT2D eigenvalue weighted by Gasteiger charge is 2.43. The van der Waals surface area contributed by atoms with E-state index >= 15 is 0 Å². The van der Waals surface area contributed by atoms with Crippen molar-refractivity contribution < 1.29 is 9.90 Å². The van der Waals surface area contributed by atoms with Crippen LogP contribution in [0.1, 0.15) is 40.5 Å². The fraction of sp³-hybridized carbons (Fsp3) is 0.929. The maximum Gasteiger partial charge on any atom is 0.227 e. The predicted octanol–water partition coefficient (Wildman–Crippen LogP) is 1.15. The SMILES string of the molecule is CC(C)CC(O)CNC(=O)C1(C(C)C)CCNC1. The minimum atomic E-state index is -0.437. The van der Waals surface area contributed by atoms with Crippen molar-refractivity contribution in [3.05, 3.63) is 0 Å². The molecule has 0 saturated carbocycles. The van der Waals surface area contributed by atoms with Gasteiger partial charge in [0, 0.05) is 13.1 Å². The van der Waals surface area contributed by atoms with Crippen LogP contribution in [0.4, 0.5) is 0 Å². The van der Waals surface area contributed by atoms with Crippen LogP contribution in [-0.2, 0) is 4.79 Å². The van der Waals surface area contributed by atoms with Crippen LogP contribution in [-0.4, -0.2) is 36.8 Å². The molecule has 18 heavy (non-hydrogen) atoms. The molecular weight excluding hydrogens is 228 g/mol. The molecule has 106 valence electrons. The molecule has 0 aromatic heterocycles. The number of rotatable bonds is 6. The summed E-state index contributed by atoms with van der Waals surface area (Å²) in [5.41, 5.74) is -0.294. The van der Waals surface area contributed by atoms with Crippen molar-refractivity contribution in [2.45, 2.75) is 46.6 Å². The molecule has 1 aliphatic rings. The van der Waals surface area contributed by atoms with E-state index in [0.29, 0.717) is 18.4 Å². The van der Waals surface area contributed by atoms with Gasteiger partial charge in [-0.3, -0.25) is 4.79 Å². The molecule has 1 saturated heterocycles. The molecule has 0 aromatic carbocycles.